The Morgan fingerprint density at radius 1 is 1.77 bits per heavy atom. The number of carbonyl (C=O) groups is 1. The number of aromatic nitrogens is 1. The minimum absolute atomic E-state index is 0.0525. The van der Waals surface area contributed by atoms with Crippen LogP contribution in [0.1, 0.15) is 16.2 Å². The fraction of sp³-hybridized carbons (Fsp3) is 0.429. The van der Waals surface area contributed by atoms with E-state index >= 15 is 0 Å². The summed E-state index contributed by atoms with van der Waals surface area (Å²) < 4.78 is 4.78. The molecule has 0 atom stereocenters. The number of thioether (sulfide) groups is 1. The van der Waals surface area contributed by atoms with Gasteiger partial charge in [-0.15, -0.1) is 0 Å². The number of rotatable bonds is 5. The predicted molar refractivity (Wildman–Crippen MR) is 48.7 cm³/mol. The lowest BCUT2D eigenvalue weighted by Gasteiger charge is -1.92. The Morgan fingerprint density at radius 2 is 2.54 bits per heavy atom. The van der Waals surface area contributed by atoms with Gasteiger partial charge in [0.1, 0.15) is 5.76 Å². The standard InChI is InChI=1S/C7H10N2O3S/c8-1-2-13-4-5-3-6(7(10)11)9-12-5/h3H,1-2,4,8H2,(H,10,11). The normalized spacial score (nSPS) is 10.2. The van der Waals surface area contributed by atoms with Crippen molar-refractivity contribution in [2.45, 2.75) is 5.75 Å². The van der Waals surface area contributed by atoms with E-state index in [2.05, 4.69) is 5.16 Å². The van der Waals surface area contributed by atoms with E-state index in [1.54, 1.807) is 11.8 Å². The molecule has 0 aromatic carbocycles. The quantitative estimate of drug-likeness (QED) is 0.678. The highest BCUT2D eigenvalue weighted by atomic mass is 32.2. The van der Waals surface area contributed by atoms with Crippen LogP contribution in [0.2, 0.25) is 0 Å². The third-order valence-corrected chi connectivity index (χ3v) is 2.30. The van der Waals surface area contributed by atoms with Gasteiger partial charge in [0.15, 0.2) is 5.69 Å². The molecule has 6 heteroatoms. The van der Waals surface area contributed by atoms with Crippen molar-refractivity contribution >= 4 is 17.7 Å². The van der Waals surface area contributed by atoms with Crippen molar-refractivity contribution in [1.29, 1.82) is 0 Å². The molecule has 3 N–H and O–H groups in total. The van der Waals surface area contributed by atoms with Crippen molar-refractivity contribution < 1.29 is 14.4 Å². The minimum atomic E-state index is -1.07. The van der Waals surface area contributed by atoms with E-state index < -0.39 is 5.97 Å². The second-order valence-electron chi connectivity index (χ2n) is 2.32. The van der Waals surface area contributed by atoms with Crippen LogP contribution in [0.15, 0.2) is 10.6 Å². The maximum absolute atomic E-state index is 10.4. The van der Waals surface area contributed by atoms with Crippen LogP contribution in [-0.2, 0) is 5.75 Å². The fourth-order valence-corrected chi connectivity index (χ4v) is 1.39. The molecule has 1 rings (SSSR count). The van der Waals surface area contributed by atoms with Crippen LogP contribution in [0, 0.1) is 0 Å². The van der Waals surface area contributed by atoms with E-state index in [1.165, 1.54) is 6.07 Å². The van der Waals surface area contributed by atoms with Gasteiger partial charge in [-0.25, -0.2) is 4.79 Å². The van der Waals surface area contributed by atoms with E-state index in [-0.39, 0.29) is 5.69 Å². The molecule has 0 radical (unpaired) electrons. The van der Waals surface area contributed by atoms with Crippen molar-refractivity contribution in [2.75, 3.05) is 12.3 Å². The molecule has 0 aliphatic carbocycles. The molecular formula is C7H10N2O3S. The summed E-state index contributed by atoms with van der Waals surface area (Å²) in [7, 11) is 0. The first kappa shape index (κ1) is 10.1. The van der Waals surface area contributed by atoms with Gasteiger partial charge in [-0.1, -0.05) is 5.16 Å². The number of carboxylic acids is 1. The summed E-state index contributed by atoms with van der Waals surface area (Å²) in [6, 6.07) is 1.42. The maximum atomic E-state index is 10.4. The van der Waals surface area contributed by atoms with Crippen molar-refractivity contribution in [1.82, 2.24) is 5.16 Å². The van der Waals surface area contributed by atoms with Crippen molar-refractivity contribution in [3.63, 3.8) is 0 Å². The average Bonchev–Trinajstić information content (AvgIpc) is 2.53. The topological polar surface area (TPSA) is 89.4 Å². The highest BCUT2D eigenvalue weighted by Gasteiger charge is 2.09. The van der Waals surface area contributed by atoms with Crippen LogP contribution in [0.5, 0.6) is 0 Å². The van der Waals surface area contributed by atoms with Gasteiger partial charge in [0.2, 0.25) is 0 Å². The Kier molecular flexibility index (Phi) is 3.78. The molecule has 0 saturated carbocycles. The number of nitrogens with zero attached hydrogens (tertiary/aromatic N) is 1. The molecule has 0 aliphatic rings. The maximum Gasteiger partial charge on any atom is 0.358 e. The largest absolute Gasteiger partial charge is 0.476 e. The molecule has 0 bridgehead atoms. The van der Waals surface area contributed by atoms with E-state index in [0.29, 0.717) is 18.1 Å². The van der Waals surface area contributed by atoms with E-state index in [0.717, 1.165) is 5.75 Å². The second-order valence-corrected chi connectivity index (χ2v) is 3.43. The lowest BCUT2D eigenvalue weighted by atomic mass is 10.4. The third-order valence-electron chi connectivity index (χ3n) is 1.28. The second kappa shape index (κ2) is 4.88. The Morgan fingerprint density at radius 3 is 3.08 bits per heavy atom. The van der Waals surface area contributed by atoms with E-state index in [1.807, 2.05) is 0 Å². The summed E-state index contributed by atoms with van der Waals surface area (Å²) in [5, 5.41) is 11.9. The number of hydrogen-bond donors (Lipinski definition) is 2. The first-order valence-electron chi connectivity index (χ1n) is 3.70. The van der Waals surface area contributed by atoms with Gasteiger partial charge in [-0.2, -0.15) is 11.8 Å². The molecule has 1 aromatic rings. The third kappa shape index (κ3) is 3.08. The van der Waals surface area contributed by atoms with Gasteiger partial charge in [-0.05, 0) is 0 Å². The fourth-order valence-electron chi connectivity index (χ4n) is 0.738. The van der Waals surface area contributed by atoms with Crippen LogP contribution in [0.4, 0.5) is 0 Å². The lowest BCUT2D eigenvalue weighted by molar-refractivity contribution is 0.0685. The van der Waals surface area contributed by atoms with Crippen LogP contribution >= 0.6 is 11.8 Å². The minimum Gasteiger partial charge on any atom is -0.476 e. The summed E-state index contributed by atoms with van der Waals surface area (Å²) in [5.74, 6) is 0.926. The van der Waals surface area contributed by atoms with Crippen molar-refractivity contribution in [3.05, 3.63) is 17.5 Å². The van der Waals surface area contributed by atoms with E-state index in [4.69, 9.17) is 15.4 Å². The van der Waals surface area contributed by atoms with Gasteiger partial charge in [0, 0.05) is 18.4 Å². The van der Waals surface area contributed by atoms with Crippen LogP contribution < -0.4 is 5.73 Å². The monoisotopic (exact) mass is 202 g/mol. The summed E-state index contributed by atoms with van der Waals surface area (Å²) in [6.07, 6.45) is 0. The molecule has 72 valence electrons. The molecule has 1 aromatic heterocycles. The van der Waals surface area contributed by atoms with Gasteiger partial charge >= 0.3 is 5.97 Å². The smallest absolute Gasteiger partial charge is 0.358 e. The van der Waals surface area contributed by atoms with Gasteiger partial charge < -0.3 is 15.4 Å². The van der Waals surface area contributed by atoms with Crippen molar-refractivity contribution in [2.24, 2.45) is 5.73 Å². The van der Waals surface area contributed by atoms with Gasteiger partial charge in [0.25, 0.3) is 0 Å². The van der Waals surface area contributed by atoms with Crippen LogP contribution in [0.25, 0.3) is 0 Å². The molecule has 0 saturated heterocycles. The molecule has 0 amide bonds. The highest BCUT2D eigenvalue weighted by Crippen LogP contribution is 2.12. The molecule has 0 aliphatic heterocycles. The number of carboxylic acid groups (broad SMARTS) is 1. The zero-order valence-electron chi connectivity index (χ0n) is 6.90. The Bertz CT molecular complexity index is 287. The first-order valence-corrected chi connectivity index (χ1v) is 4.86. The van der Waals surface area contributed by atoms with E-state index in [9.17, 15) is 4.79 Å². The Labute approximate surface area is 79.3 Å². The van der Waals surface area contributed by atoms with Crippen molar-refractivity contribution in [3.8, 4) is 0 Å². The summed E-state index contributed by atoms with van der Waals surface area (Å²) in [5.41, 5.74) is 5.23. The summed E-state index contributed by atoms with van der Waals surface area (Å²) >= 11 is 1.58. The van der Waals surface area contributed by atoms with Crippen LogP contribution in [-0.4, -0.2) is 28.5 Å². The lowest BCUT2D eigenvalue weighted by Crippen LogP contribution is -2.01. The van der Waals surface area contributed by atoms with Gasteiger partial charge in [-0.3, -0.25) is 0 Å². The van der Waals surface area contributed by atoms with Gasteiger partial charge in [0.05, 0.1) is 5.75 Å². The summed E-state index contributed by atoms with van der Waals surface area (Å²) in [6.45, 7) is 0.602. The first-order chi connectivity index (χ1) is 6.24. The molecule has 1 heterocycles. The molecule has 13 heavy (non-hydrogen) atoms. The van der Waals surface area contributed by atoms with Crippen LogP contribution in [0.3, 0.4) is 0 Å². The molecule has 0 unspecified atom stereocenters. The Hall–Kier alpha value is -1.01. The Balaban J connectivity index is 2.44. The highest BCUT2D eigenvalue weighted by molar-refractivity contribution is 7.98. The SMILES string of the molecule is NCCSCc1cc(C(=O)O)no1. The number of nitrogens with two attached hydrogens (primary N) is 1. The number of hydrogen-bond acceptors (Lipinski definition) is 5. The predicted octanol–water partition coefficient (Wildman–Crippen LogP) is 0.565. The molecular weight excluding hydrogens is 192 g/mol. The molecule has 5 nitrogen and oxygen atoms in total. The zero-order valence-corrected chi connectivity index (χ0v) is 7.71. The molecule has 0 spiro atoms. The zero-order chi connectivity index (χ0) is 9.68. The number of aromatic carboxylic acids is 1. The average molecular weight is 202 g/mol. The summed E-state index contributed by atoms with van der Waals surface area (Å²) in [4.78, 5) is 10.4. The molecule has 0 fully saturated rings.